The lowest BCUT2D eigenvalue weighted by Crippen LogP contribution is -2.34. The molecular formula is C12H17BrN2O5S. The van der Waals surface area contributed by atoms with Gasteiger partial charge in [-0.3, -0.25) is 10.1 Å². The first-order valence-electron chi connectivity index (χ1n) is 6.36. The molecule has 0 saturated carbocycles. The normalized spacial score (nSPS) is 11.8. The summed E-state index contributed by atoms with van der Waals surface area (Å²) in [5.74, 6) is 0. The first-order chi connectivity index (χ1) is 9.84. The zero-order valence-electron chi connectivity index (χ0n) is 11.8. The van der Waals surface area contributed by atoms with E-state index in [9.17, 15) is 18.5 Å². The fourth-order valence-corrected chi connectivity index (χ4v) is 3.87. The highest BCUT2D eigenvalue weighted by atomic mass is 79.9. The van der Waals surface area contributed by atoms with Crippen LogP contribution in [0, 0.1) is 10.1 Å². The molecule has 1 aromatic rings. The average Bonchev–Trinajstić information content (AvgIpc) is 2.43. The van der Waals surface area contributed by atoms with E-state index in [2.05, 4.69) is 15.9 Å². The second-order valence-electron chi connectivity index (χ2n) is 4.06. The summed E-state index contributed by atoms with van der Waals surface area (Å²) in [6, 6.07) is 3.86. The lowest BCUT2D eigenvalue weighted by Gasteiger charge is -2.20. The first kappa shape index (κ1) is 18.0. The fraction of sp³-hybridized carbons (Fsp3) is 0.500. The van der Waals surface area contributed by atoms with Gasteiger partial charge in [0, 0.05) is 30.2 Å². The monoisotopic (exact) mass is 380 g/mol. The summed E-state index contributed by atoms with van der Waals surface area (Å²) in [5.41, 5.74) is -0.437. The van der Waals surface area contributed by atoms with E-state index in [0.29, 0.717) is 11.1 Å². The summed E-state index contributed by atoms with van der Waals surface area (Å²) in [6.45, 7) is 4.56. The lowest BCUT2D eigenvalue weighted by atomic mass is 10.3. The van der Waals surface area contributed by atoms with E-state index in [0.717, 1.165) is 4.31 Å². The van der Waals surface area contributed by atoms with Crippen molar-refractivity contribution in [3.8, 4) is 0 Å². The molecule has 0 radical (unpaired) electrons. The molecule has 0 heterocycles. The molecule has 0 amide bonds. The number of sulfonamides is 1. The van der Waals surface area contributed by atoms with Gasteiger partial charge in [0.25, 0.3) is 5.69 Å². The van der Waals surface area contributed by atoms with Crippen molar-refractivity contribution < 1.29 is 18.1 Å². The molecule has 0 N–H and O–H groups in total. The van der Waals surface area contributed by atoms with Crippen molar-refractivity contribution in [3.63, 3.8) is 0 Å². The average molecular weight is 381 g/mol. The highest BCUT2D eigenvalue weighted by Gasteiger charge is 2.30. The van der Waals surface area contributed by atoms with Gasteiger partial charge in [-0.15, -0.1) is 0 Å². The molecule has 118 valence electrons. The maximum absolute atomic E-state index is 12.6. The van der Waals surface area contributed by atoms with Crippen molar-refractivity contribution in [2.45, 2.75) is 18.7 Å². The molecule has 9 heteroatoms. The van der Waals surface area contributed by atoms with Gasteiger partial charge in [-0.2, -0.15) is 4.31 Å². The molecule has 0 fully saturated rings. The minimum Gasteiger partial charge on any atom is -0.380 e. The number of likely N-dealkylation sites (N-methyl/N-ethyl adjacent to an activating group) is 1. The third-order valence-corrected chi connectivity index (χ3v) is 5.27. The van der Waals surface area contributed by atoms with Crippen molar-refractivity contribution in [1.82, 2.24) is 4.31 Å². The largest absolute Gasteiger partial charge is 0.380 e. The summed E-state index contributed by atoms with van der Waals surface area (Å²) < 4.78 is 31.9. The Hall–Kier alpha value is -1.03. The number of benzene rings is 1. The molecule has 1 aromatic carbocycles. The van der Waals surface area contributed by atoms with Crippen molar-refractivity contribution >= 4 is 31.6 Å². The van der Waals surface area contributed by atoms with Crippen LogP contribution in [-0.4, -0.2) is 43.9 Å². The highest BCUT2D eigenvalue weighted by Crippen LogP contribution is 2.29. The summed E-state index contributed by atoms with van der Waals surface area (Å²) in [5, 5.41) is 11.0. The van der Waals surface area contributed by atoms with Crippen molar-refractivity contribution in [3.05, 3.63) is 32.8 Å². The molecule has 7 nitrogen and oxygen atoms in total. The molecule has 0 atom stereocenters. The number of hydrogen-bond acceptors (Lipinski definition) is 5. The van der Waals surface area contributed by atoms with Gasteiger partial charge in [0.1, 0.15) is 0 Å². The Morgan fingerprint density at radius 1 is 1.38 bits per heavy atom. The van der Waals surface area contributed by atoms with Crippen molar-refractivity contribution in [2.75, 3.05) is 26.3 Å². The van der Waals surface area contributed by atoms with E-state index in [4.69, 9.17) is 4.74 Å². The van der Waals surface area contributed by atoms with Crippen LogP contribution in [0.3, 0.4) is 0 Å². The van der Waals surface area contributed by atoms with Crippen LogP contribution >= 0.6 is 15.9 Å². The van der Waals surface area contributed by atoms with Gasteiger partial charge in [-0.05, 0) is 19.1 Å². The highest BCUT2D eigenvalue weighted by molar-refractivity contribution is 9.10. The summed E-state index contributed by atoms with van der Waals surface area (Å²) in [6.07, 6.45) is 0. The third kappa shape index (κ3) is 4.47. The summed E-state index contributed by atoms with van der Waals surface area (Å²) >= 11 is 3.14. The van der Waals surface area contributed by atoms with Crippen LogP contribution in [0.5, 0.6) is 0 Å². The zero-order valence-corrected chi connectivity index (χ0v) is 14.2. The maximum atomic E-state index is 12.6. The van der Waals surface area contributed by atoms with Crippen molar-refractivity contribution in [1.29, 1.82) is 0 Å². The van der Waals surface area contributed by atoms with E-state index in [1.54, 1.807) is 6.92 Å². The molecule has 0 aliphatic carbocycles. The topological polar surface area (TPSA) is 89.8 Å². The summed E-state index contributed by atoms with van der Waals surface area (Å²) in [7, 11) is -3.95. The van der Waals surface area contributed by atoms with Crippen LogP contribution < -0.4 is 0 Å². The Bertz CT molecular complexity index is 606. The molecule has 0 aliphatic heterocycles. The minimum atomic E-state index is -3.95. The third-order valence-electron chi connectivity index (χ3n) is 2.78. The van der Waals surface area contributed by atoms with Gasteiger partial charge in [-0.25, -0.2) is 8.42 Å². The maximum Gasteiger partial charge on any atom is 0.289 e. The molecule has 0 aliphatic rings. The van der Waals surface area contributed by atoms with Gasteiger partial charge in [-0.1, -0.05) is 22.9 Å². The quantitative estimate of drug-likeness (QED) is 0.392. The first-order valence-corrected chi connectivity index (χ1v) is 8.59. The Morgan fingerprint density at radius 3 is 2.57 bits per heavy atom. The molecular weight excluding hydrogens is 364 g/mol. The van der Waals surface area contributed by atoms with Gasteiger partial charge in [0.2, 0.25) is 10.0 Å². The second-order valence-corrected chi connectivity index (χ2v) is 6.88. The van der Waals surface area contributed by atoms with Crippen molar-refractivity contribution in [2.24, 2.45) is 0 Å². The van der Waals surface area contributed by atoms with E-state index in [1.807, 2.05) is 6.92 Å². The summed E-state index contributed by atoms with van der Waals surface area (Å²) in [4.78, 5) is 10.0. The predicted octanol–water partition coefficient (Wildman–Crippen LogP) is 2.40. The van der Waals surface area contributed by atoms with Gasteiger partial charge < -0.3 is 4.74 Å². The van der Waals surface area contributed by atoms with Gasteiger partial charge in [0.15, 0.2) is 4.90 Å². The number of hydrogen-bond donors (Lipinski definition) is 0. The number of nitrogens with zero attached hydrogens (tertiary/aromatic N) is 2. The Kier molecular flexibility index (Phi) is 6.72. The van der Waals surface area contributed by atoms with Crippen LogP contribution in [0.1, 0.15) is 13.8 Å². The van der Waals surface area contributed by atoms with Crippen LogP contribution in [0.25, 0.3) is 0 Å². The fourth-order valence-electron chi connectivity index (χ4n) is 1.74. The number of halogens is 1. The number of nitro benzene ring substituents is 1. The smallest absolute Gasteiger partial charge is 0.289 e. The zero-order chi connectivity index (χ0) is 16.0. The SMILES string of the molecule is CCOCCN(CC)S(=O)(=O)c1cc(Br)ccc1[N+](=O)[O-]. The minimum absolute atomic E-state index is 0.149. The number of rotatable bonds is 8. The molecule has 0 spiro atoms. The second kappa shape index (κ2) is 7.83. The Labute approximate surface area is 132 Å². The molecule has 1 rings (SSSR count). The Morgan fingerprint density at radius 2 is 2.05 bits per heavy atom. The van der Waals surface area contributed by atoms with Gasteiger partial charge >= 0.3 is 0 Å². The lowest BCUT2D eigenvalue weighted by molar-refractivity contribution is -0.387. The number of nitro groups is 1. The molecule has 0 bridgehead atoms. The Balaban J connectivity index is 3.21. The van der Waals surface area contributed by atoms with Crippen LogP contribution in [0.4, 0.5) is 5.69 Å². The van der Waals surface area contributed by atoms with E-state index < -0.39 is 20.6 Å². The predicted molar refractivity (Wildman–Crippen MR) is 81.7 cm³/mol. The van der Waals surface area contributed by atoms with Gasteiger partial charge in [0.05, 0.1) is 11.5 Å². The van der Waals surface area contributed by atoms with E-state index in [1.165, 1.54) is 18.2 Å². The van der Waals surface area contributed by atoms with Crippen LogP contribution in [0.2, 0.25) is 0 Å². The standard InChI is InChI=1S/C12H17BrN2O5S/c1-3-14(7-8-20-4-2)21(18,19)12-9-10(13)5-6-11(12)15(16)17/h5-6,9H,3-4,7-8H2,1-2H3. The van der Waals surface area contributed by atoms with Crippen LogP contribution in [-0.2, 0) is 14.8 Å². The molecule has 21 heavy (non-hydrogen) atoms. The molecule has 0 unspecified atom stereocenters. The molecule has 0 saturated heterocycles. The molecule has 0 aromatic heterocycles. The van der Waals surface area contributed by atoms with E-state index >= 15 is 0 Å². The van der Waals surface area contributed by atoms with E-state index in [-0.39, 0.29) is 24.6 Å². The van der Waals surface area contributed by atoms with Crippen LogP contribution in [0.15, 0.2) is 27.6 Å². The number of ether oxygens (including phenoxy) is 1.